The molecule has 0 saturated carbocycles. The Balaban J connectivity index is 1.06. The molecule has 4 heterocycles. The van der Waals surface area contributed by atoms with Crippen LogP contribution in [0, 0.1) is 0 Å². The molecule has 0 spiro atoms. The fourth-order valence-corrected chi connectivity index (χ4v) is 4.98. The molecule has 1 saturated heterocycles. The van der Waals surface area contributed by atoms with Crippen LogP contribution in [0.5, 0.6) is 0 Å². The van der Waals surface area contributed by atoms with Crippen LogP contribution in [0.25, 0.3) is 15.9 Å². The van der Waals surface area contributed by atoms with Gasteiger partial charge in [0.25, 0.3) is 5.56 Å². The second kappa shape index (κ2) is 9.23. The van der Waals surface area contributed by atoms with E-state index in [9.17, 15) is 9.59 Å². The number of para-hydroxylation sites is 1. The normalized spacial score (nSPS) is 15.5. The molecule has 1 aliphatic heterocycles. The number of carbonyl (C=O) groups excluding carboxylic acids is 1. The van der Waals surface area contributed by atoms with Crippen molar-refractivity contribution in [3.63, 3.8) is 0 Å². The van der Waals surface area contributed by atoms with Crippen molar-refractivity contribution in [1.29, 1.82) is 0 Å². The van der Waals surface area contributed by atoms with Gasteiger partial charge in [-0.2, -0.15) is 0 Å². The number of hydrogen-bond acceptors (Lipinski definition) is 6. The molecule has 1 aromatic carbocycles. The first-order chi connectivity index (χ1) is 15.7. The largest absolute Gasteiger partial charge is 0.361 e. The second-order valence-corrected chi connectivity index (χ2v) is 9.03. The zero-order valence-electron chi connectivity index (χ0n) is 17.8. The molecule has 1 aliphatic rings. The molecule has 0 radical (unpaired) electrons. The molecule has 1 fully saturated rings. The molecule has 8 nitrogen and oxygen atoms in total. The van der Waals surface area contributed by atoms with Crippen molar-refractivity contribution in [1.82, 2.24) is 29.5 Å². The zero-order valence-corrected chi connectivity index (χ0v) is 18.6. The van der Waals surface area contributed by atoms with Gasteiger partial charge in [0.1, 0.15) is 0 Å². The lowest BCUT2D eigenvalue weighted by molar-refractivity contribution is -0.122. The summed E-state index contributed by atoms with van der Waals surface area (Å²) in [6, 6.07) is 9.84. The number of benzene rings is 1. The van der Waals surface area contributed by atoms with E-state index in [0.717, 1.165) is 48.8 Å². The van der Waals surface area contributed by atoms with E-state index in [-0.39, 0.29) is 11.5 Å². The molecule has 32 heavy (non-hydrogen) atoms. The van der Waals surface area contributed by atoms with Crippen LogP contribution in [-0.4, -0.2) is 69.3 Å². The lowest BCUT2D eigenvalue weighted by Crippen LogP contribution is -2.49. The zero-order chi connectivity index (χ0) is 21.9. The van der Waals surface area contributed by atoms with Crippen molar-refractivity contribution in [3.05, 3.63) is 69.7 Å². The smallest absolute Gasteiger partial charge is 0.258 e. The number of nitrogens with zero attached hydrogens (tertiary/aromatic N) is 4. The number of aromatic amines is 1. The monoisotopic (exact) mass is 450 g/mol. The van der Waals surface area contributed by atoms with E-state index in [1.165, 1.54) is 22.3 Å². The average molecular weight is 451 g/mol. The molecule has 0 aliphatic carbocycles. The van der Waals surface area contributed by atoms with Gasteiger partial charge in [0.15, 0.2) is 4.96 Å². The summed E-state index contributed by atoms with van der Waals surface area (Å²) in [5.41, 5.74) is 3.13. The van der Waals surface area contributed by atoms with Crippen molar-refractivity contribution in [2.24, 2.45) is 0 Å². The fraction of sp³-hybridized carbons (Fsp3) is 0.348. The quantitative estimate of drug-likeness (QED) is 0.448. The first kappa shape index (κ1) is 20.9. The molecule has 3 aromatic heterocycles. The van der Waals surface area contributed by atoms with Crippen LogP contribution in [0.15, 0.2) is 52.9 Å². The summed E-state index contributed by atoms with van der Waals surface area (Å²) in [4.78, 5) is 37.6. The van der Waals surface area contributed by atoms with E-state index in [2.05, 4.69) is 37.2 Å². The maximum absolute atomic E-state index is 12.4. The highest BCUT2D eigenvalue weighted by Crippen LogP contribution is 2.17. The van der Waals surface area contributed by atoms with Crippen LogP contribution >= 0.6 is 11.3 Å². The molecule has 166 valence electrons. The third-order valence-electron chi connectivity index (χ3n) is 5.97. The van der Waals surface area contributed by atoms with E-state index >= 15 is 0 Å². The summed E-state index contributed by atoms with van der Waals surface area (Å²) in [6.07, 6.45) is 4.59. The average Bonchev–Trinajstić information content (AvgIpc) is 3.43. The molecule has 0 unspecified atom stereocenters. The Bertz CT molecular complexity index is 1280. The van der Waals surface area contributed by atoms with Crippen molar-refractivity contribution >= 4 is 33.1 Å². The summed E-state index contributed by atoms with van der Waals surface area (Å²) in [6.45, 7) is 5.08. The Kier molecular flexibility index (Phi) is 6.02. The number of H-pyrrole nitrogens is 1. The van der Waals surface area contributed by atoms with Gasteiger partial charge >= 0.3 is 0 Å². The maximum Gasteiger partial charge on any atom is 0.258 e. The Hall–Kier alpha value is -3.01. The number of rotatable bonds is 7. The highest BCUT2D eigenvalue weighted by Gasteiger charge is 2.19. The summed E-state index contributed by atoms with van der Waals surface area (Å²) in [5.74, 6) is 0.0659. The molecular weight excluding hydrogens is 424 g/mol. The van der Waals surface area contributed by atoms with Crippen molar-refractivity contribution in [2.75, 3.05) is 39.3 Å². The van der Waals surface area contributed by atoms with E-state index in [1.807, 2.05) is 23.7 Å². The lowest BCUT2D eigenvalue weighted by Gasteiger charge is -2.34. The number of thiazole rings is 1. The van der Waals surface area contributed by atoms with Crippen LogP contribution in [-0.2, 0) is 17.8 Å². The minimum absolute atomic E-state index is 0.0332. The van der Waals surface area contributed by atoms with Crippen LogP contribution in [0.1, 0.15) is 11.3 Å². The van der Waals surface area contributed by atoms with Gasteiger partial charge in [-0.1, -0.05) is 18.2 Å². The van der Waals surface area contributed by atoms with Crippen molar-refractivity contribution < 1.29 is 4.79 Å². The Labute approximate surface area is 189 Å². The number of piperazine rings is 1. The SMILES string of the molecule is O=C(CN1CCN(Cc2cc(=O)n3ccsc3n2)CC1)NCCc1c[nH]c2ccccc12. The van der Waals surface area contributed by atoms with E-state index in [4.69, 9.17) is 0 Å². The predicted molar refractivity (Wildman–Crippen MR) is 126 cm³/mol. The van der Waals surface area contributed by atoms with Gasteiger partial charge in [0.2, 0.25) is 5.91 Å². The summed E-state index contributed by atoms with van der Waals surface area (Å²) in [5, 5.41) is 6.14. The summed E-state index contributed by atoms with van der Waals surface area (Å²) < 4.78 is 1.57. The number of amides is 1. The van der Waals surface area contributed by atoms with Crippen LogP contribution in [0.3, 0.4) is 0 Å². The van der Waals surface area contributed by atoms with Crippen molar-refractivity contribution in [3.8, 4) is 0 Å². The first-order valence-corrected chi connectivity index (χ1v) is 11.8. The minimum Gasteiger partial charge on any atom is -0.361 e. The van der Waals surface area contributed by atoms with Crippen molar-refractivity contribution in [2.45, 2.75) is 13.0 Å². The molecule has 0 bridgehead atoms. The third kappa shape index (κ3) is 4.59. The van der Waals surface area contributed by atoms with Gasteiger partial charge in [-0.25, -0.2) is 4.98 Å². The predicted octanol–water partition coefficient (Wildman–Crippen LogP) is 1.71. The number of hydrogen-bond donors (Lipinski definition) is 2. The second-order valence-electron chi connectivity index (χ2n) is 8.15. The Morgan fingerprint density at radius 2 is 1.97 bits per heavy atom. The van der Waals surface area contributed by atoms with Gasteiger partial charge in [0.05, 0.1) is 12.2 Å². The van der Waals surface area contributed by atoms with Gasteiger partial charge in [-0.15, -0.1) is 11.3 Å². The molecule has 4 aromatic rings. The van der Waals surface area contributed by atoms with E-state index < -0.39 is 0 Å². The summed E-state index contributed by atoms with van der Waals surface area (Å²) >= 11 is 1.47. The van der Waals surface area contributed by atoms with Gasteiger partial charge in [-0.3, -0.25) is 23.8 Å². The van der Waals surface area contributed by atoms with Gasteiger partial charge in [-0.05, 0) is 18.1 Å². The Morgan fingerprint density at radius 1 is 1.16 bits per heavy atom. The molecule has 5 rings (SSSR count). The van der Waals surface area contributed by atoms with Crippen LogP contribution < -0.4 is 10.9 Å². The highest BCUT2D eigenvalue weighted by molar-refractivity contribution is 7.15. The molecule has 2 N–H and O–H groups in total. The maximum atomic E-state index is 12.4. The van der Waals surface area contributed by atoms with Crippen LogP contribution in [0.4, 0.5) is 0 Å². The molecule has 1 amide bonds. The van der Waals surface area contributed by atoms with Crippen LogP contribution in [0.2, 0.25) is 0 Å². The first-order valence-electron chi connectivity index (χ1n) is 10.9. The van der Waals surface area contributed by atoms with Gasteiger partial charge < -0.3 is 10.3 Å². The topological polar surface area (TPSA) is 85.7 Å². The Morgan fingerprint density at radius 3 is 2.84 bits per heavy atom. The number of fused-ring (bicyclic) bond motifs is 2. The fourth-order valence-electron chi connectivity index (χ4n) is 4.24. The summed E-state index contributed by atoms with van der Waals surface area (Å²) in [7, 11) is 0. The molecule has 0 atom stereocenters. The molecular formula is C23H26N6O2S. The molecule has 9 heteroatoms. The standard InChI is InChI=1S/C23H26N6O2S/c30-21(24-6-5-17-14-25-20-4-2-1-3-19(17)20)16-28-9-7-27(8-10-28)15-18-13-22(31)29-11-12-32-23(29)26-18/h1-4,11-14,25H,5-10,15-16H2,(H,24,30). The van der Waals surface area contributed by atoms with E-state index in [0.29, 0.717) is 19.6 Å². The van der Waals surface area contributed by atoms with E-state index in [1.54, 1.807) is 16.7 Å². The minimum atomic E-state index is -0.0332. The number of carbonyl (C=O) groups is 1. The third-order valence-corrected chi connectivity index (χ3v) is 6.72. The highest BCUT2D eigenvalue weighted by atomic mass is 32.1. The number of nitrogens with one attached hydrogen (secondary N) is 2. The number of aromatic nitrogens is 3. The van der Waals surface area contributed by atoms with Gasteiger partial charge in [0, 0.05) is 74.0 Å². The lowest BCUT2D eigenvalue weighted by atomic mass is 10.1.